The highest BCUT2D eigenvalue weighted by Gasteiger charge is 2.32. The van der Waals surface area contributed by atoms with E-state index in [1.165, 1.54) is 41.3 Å². The first kappa shape index (κ1) is 14.1. The van der Waals surface area contributed by atoms with E-state index in [-0.39, 0.29) is 0 Å². The number of hydrogen-bond donors (Lipinski definition) is 1. The summed E-state index contributed by atoms with van der Waals surface area (Å²) in [6.45, 7) is 4.83. The molecule has 20 heavy (non-hydrogen) atoms. The Balaban J connectivity index is 1.89. The molecule has 1 aliphatic carbocycles. The molecule has 1 unspecified atom stereocenters. The first-order chi connectivity index (χ1) is 9.61. The van der Waals surface area contributed by atoms with Gasteiger partial charge in [-0.15, -0.1) is 11.3 Å². The largest absolute Gasteiger partial charge is 0.313 e. The Kier molecular flexibility index (Phi) is 3.87. The lowest BCUT2D eigenvalue weighted by molar-refractivity contribution is 0.165. The summed E-state index contributed by atoms with van der Waals surface area (Å²) in [6.07, 6.45) is 5.41. The van der Waals surface area contributed by atoms with Crippen LogP contribution in [-0.4, -0.2) is 7.05 Å². The highest BCUT2D eigenvalue weighted by atomic mass is 32.1. The molecule has 1 atom stereocenters. The van der Waals surface area contributed by atoms with Crippen LogP contribution in [0.15, 0.2) is 29.6 Å². The predicted octanol–water partition coefficient (Wildman–Crippen LogP) is 5.38. The first-order valence-electron chi connectivity index (χ1n) is 7.74. The number of benzene rings is 1. The Bertz CT molecular complexity index is 574. The lowest BCUT2D eigenvalue weighted by atomic mass is 9.70. The van der Waals surface area contributed by atoms with Crippen LogP contribution in [0.1, 0.15) is 51.1 Å². The van der Waals surface area contributed by atoms with Crippen LogP contribution in [0.2, 0.25) is 0 Å². The van der Waals surface area contributed by atoms with Gasteiger partial charge in [-0.25, -0.2) is 0 Å². The minimum Gasteiger partial charge on any atom is -0.313 e. The van der Waals surface area contributed by atoms with Gasteiger partial charge < -0.3 is 5.32 Å². The van der Waals surface area contributed by atoms with Crippen molar-refractivity contribution in [3.63, 3.8) is 0 Å². The number of nitrogens with one attached hydrogen (secondary N) is 1. The number of fused-ring (bicyclic) bond motifs is 1. The van der Waals surface area contributed by atoms with Crippen molar-refractivity contribution in [3.05, 3.63) is 35.2 Å². The number of thiophene rings is 1. The summed E-state index contributed by atoms with van der Waals surface area (Å²) >= 11 is 1.88. The molecule has 0 saturated heterocycles. The fraction of sp³-hybridized carbons (Fsp3) is 0.556. The molecule has 1 N–H and O–H groups in total. The van der Waals surface area contributed by atoms with Crippen molar-refractivity contribution in [1.29, 1.82) is 0 Å². The van der Waals surface area contributed by atoms with Gasteiger partial charge in [0.1, 0.15) is 0 Å². The average molecular weight is 287 g/mol. The Morgan fingerprint density at radius 1 is 1.20 bits per heavy atom. The molecule has 2 aromatic rings. The van der Waals surface area contributed by atoms with E-state index in [1.54, 1.807) is 0 Å². The second kappa shape index (κ2) is 5.50. The lowest BCUT2D eigenvalue weighted by Crippen LogP contribution is -2.31. The summed E-state index contributed by atoms with van der Waals surface area (Å²) in [6, 6.07) is 9.50. The summed E-state index contributed by atoms with van der Waals surface area (Å²) in [5.41, 5.74) is 2.05. The fourth-order valence-corrected chi connectivity index (χ4v) is 4.62. The van der Waals surface area contributed by atoms with Crippen LogP contribution in [0.4, 0.5) is 0 Å². The first-order valence-corrected chi connectivity index (χ1v) is 8.62. The van der Waals surface area contributed by atoms with E-state index >= 15 is 0 Å². The van der Waals surface area contributed by atoms with Crippen LogP contribution in [0.25, 0.3) is 10.1 Å². The van der Waals surface area contributed by atoms with Gasteiger partial charge in [-0.3, -0.25) is 0 Å². The maximum absolute atomic E-state index is 3.60. The maximum Gasteiger partial charge on any atom is 0.0390 e. The molecule has 1 aliphatic rings. The molecule has 0 bridgehead atoms. The highest BCUT2D eigenvalue weighted by Crippen LogP contribution is 2.44. The van der Waals surface area contributed by atoms with Gasteiger partial charge in [0.2, 0.25) is 0 Å². The Labute approximate surface area is 126 Å². The van der Waals surface area contributed by atoms with Crippen LogP contribution in [-0.2, 0) is 0 Å². The summed E-state index contributed by atoms with van der Waals surface area (Å²) < 4.78 is 1.47. The minimum atomic E-state index is 0.508. The minimum absolute atomic E-state index is 0.508. The monoisotopic (exact) mass is 287 g/mol. The molecule has 108 valence electrons. The number of rotatable bonds is 3. The molecule has 2 heteroatoms. The van der Waals surface area contributed by atoms with Gasteiger partial charge in [-0.2, -0.15) is 0 Å². The quantitative estimate of drug-likeness (QED) is 0.799. The van der Waals surface area contributed by atoms with E-state index in [0.717, 1.165) is 5.92 Å². The number of hydrogen-bond acceptors (Lipinski definition) is 2. The normalized spacial score (nSPS) is 21.1. The second-order valence-electron chi connectivity index (χ2n) is 6.95. The van der Waals surface area contributed by atoms with Crippen molar-refractivity contribution < 1.29 is 0 Å². The van der Waals surface area contributed by atoms with Gasteiger partial charge in [-0.1, -0.05) is 32.0 Å². The fourth-order valence-electron chi connectivity index (χ4n) is 3.66. The zero-order chi connectivity index (χ0) is 14.2. The Morgan fingerprint density at radius 2 is 1.95 bits per heavy atom. The summed E-state index contributed by atoms with van der Waals surface area (Å²) in [5.74, 6) is 0.778. The third-order valence-electron chi connectivity index (χ3n) is 5.01. The highest BCUT2D eigenvalue weighted by molar-refractivity contribution is 7.17. The molecule has 1 fully saturated rings. The summed E-state index contributed by atoms with van der Waals surface area (Å²) in [5, 5.41) is 7.21. The molecule has 1 aromatic carbocycles. The van der Waals surface area contributed by atoms with Crippen LogP contribution in [0.5, 0.6) is 0 Å². The van der Waals surface area contributed by atoms with Crippen LogP contribution >= 0.6 is 11.3 Å². The van der Waals surface area contributed by atoms with E-state index < -0.39 is 0 Å². The maximum atomic E-state index is 3.60. The van der Waals surface area contributed by atoms with Crippen molar-refractivity contribution in [1.82, 2.24) is 5.32 Å². The van der Waals surface area contributed by atoms with Gasteiger partial charge in [-0.05, 0) is 66.5 Å². The standard InChI is InChI=1S/C18H25NS/c1-18(2)10-7-13(8-11-18)16(19-3)15-6-4-5-14-9-12-20-17(14)15/h4-6,9,12-13,16,19H,7-8,10-11H2,1-3H3. The van der Waals surface area contributed by atoms with Crippen LogP contribution in [0.3, 0.4) is 0 Å². The van der Waals surface area contributed by atoms with Gasteiger partial charge in [0.15, 0.2) is 0 Å². The van der Waals surface area contributed by atoms with Crippen molar-refractivity contribution in [2.24, 2.45) is 11.3 Å². The smallest absolute Gasteiger partial charge is 0.0390 e. The van der Waals surface area contributed by atoms with Crippen LogP contribution in [0, 0.1) is 11.3 Å². The Hall–Kier alpha value is -0.860. The molecule has 1 nitrogen and oxygen atoms in total. The van der Waals surface area contributed by atoms with Gasteiger partial charge in [0, 0.05) is 10.7 Å². The van der Waals surface area contributed by atoms with E-state index in [1.807, 2.05) is 11.3 Å². The van der Waals surface area contributed by atoms with Gasteiger partial charge in [0.05, 0.1) is 0 Å². The van der Waals surface area contributed by atoms with Crippen molar-refractivity contribution in [2.45, 2.75) is 45.6 Å². The molecule has 0 amide bonds. The Morgan fingerprint density at radius 3 is 2.65 bits per heavy atom. The zero-order valence-electron chi connectivity index (χ0n) is 12.8. The topological polar surface area (TPSA) is 12.0 Å². The molecule has 1 saturated carbocycles. The summed E-state index contributed by atoms with van der Waals surface area (Å²) in [7, 11) is 2.12. The van der Waals surface area contributed by atoms with E-state index in [9.17, 15) is 0 Å². The molecule has 0 aliphatic heterocycles. The van der Waals surface area contributed by atoms with Crippen molar-refractivity contribution in [3.8, 4) is 0 Å². The molecule has 0 radical (unpaired) electrons. The summed E-state index contributed by atoms with van der Waals surface area (Å²) in [4.78, 5) is 0. The van der Waals surface area contributed by atoms with Crippen molar-refractivity contribution >= 4 is 21.4 Å². The zero-order valence-corrected chi connectivity index (χ0v) is 13.6. The van der Waals surface area contributed by atoms with E-state index in [2.05, 4.69) is 55.9 Å². The van der Waals surface area contributed by atoms with Crippen LogP contribution < -0.4 is 5.32 Å². The third kappa shape index (κ3) is 2.64. The molecule has 0 spiro atoms. The molecule has 1 heterocycles. The average Bonchev–Trinajstić information content (AvgIpc) is 2.90. The van der Waals surface area contributed by atoms with E-state index in [0.29, 0.717) is 11.5 Å². The SMILES string of the molecule is CNC(c1cccc2ccsc12)C1CCC(C)(C)CC1. The van der Waals surface area contributed by atoms with E-state index in [4.69, 9.17) is 0 Å². The molecular formula is C18H25NS. The molecule has 3 rings (SSSR count). The third-order valence-corrected chi connectivity index (χ3v) is 5.99. The van der Waals surface area contributed by atoms with Crippen molar-refractivity contribution in [2.75, 3.05) is 7.05 Å². The predicted molar refractivity (Wildman–Crippen MR) is 89.4 cm³/mol. The molecular weight excluding hydrogens is 262 g/mol. The van der Waals surface area contributed by atoms with Gasteiger partial charge in [0.25, 0.3) is 0 Å². The van der Waals surface area contributed by atoms with Gasteiger partial charge >= 0.3 is 0 Å². The molecule has 1 aromatic heterocycles. The lowest BCUT2D eigenvalue weighted by Gasteiger charge is -2.38. The second-order valence-corrected chi connectivity index (χ2v) is 7.87.